The van der Waals surface area contributed by atoms with Crippen LogP contribution in [0.2, 0.25) is 0 Å². The monoisotopic (exact) mass is 479 g/mol. The number of likely N-dealkylation sites (N-methyl/N-ethyl adjacent to an activating group) is 1. The maximum Gasteiger partial charge on any atom is 0.416 e. The Hall–Kier alpha value is -4.12. The van der Waals surface area contributed by atoms with Gasteiger partial charge in [-0.2, -0.15) is 18.4 Å². The molecule has 0 fully saturated rings. The highest BCUT2D eigenvalue weighted by atomic mass is 19.4. The largest absolute Gasteiger partial charge is 0.416 e. The Morgan fingerprint density at radius 3 is 2.06 bits per heavy atom. The van der Waals surface area contributed by atoms with Crippen LogP contribution in [0.15, 0.2) is 72.8 Å². The third-order valence-corrected chi connectivity index (χ3v) is 5.52. The number of anilines is 3. The van der Waals surface area contributed by atoms with Gasteiger partial charge in [0.25, 0.3) is 0 Å². The molecule has 1 aliphatic heterocycles. The molecule has 0 spiro atoms. The Morgan fingerprint density at radius 1 is 0.886 bits per heavy atom. The van der Waals surface area contributed by atoms with Gasteiger partial charge in [0.1, 0.15) is 5.92 Å². The average molecular weight is 480 g/mol. The Morgan fingerprint density at radius 2 is 1.51 bits per heavy atom. The van der Waals surface area contributed by atoms with E-state index in [2.05, 4.69) is 0 Å². The summed E-state index contributed by atoms with van der Waals surface area (Å²) >= 11 is 0. The van der Waals surface area contributed by atoms with Gasteiger partial charge in [0.15, 0.2) is 0 Å². The number of fused-ring (bicyclic) bond motifs is 1. The number of amides is 2. The maximum atomic E-state index is 13.8. The highest BCUT2D eigenvalue weighted by molar-refractivity contribution is 6.23. The third-order valence-electron chi connectivity index (χ3n) is 5.52. The molecule has 5 nitrogen and oxygen atoms in total. The fraction of sp³-hybridized carbons (Fsp3) is 0.222. The van der Waals surface area contributed by atoms with Crippen LogP contribution in [0.4, 0.5) is 30.2 Å². The lowest BCUT2D eigenvalue weighted by Gasteiger charge is -2.26. The molecule has 3 aromatic rings. The molecule has 0 bridgehead atoms. The van der Waals surface area contributed by atoms with Crippen LogP contribution in [0.3, 0.4) is 0 Å². The first kappa shape index (κ1) is 25.5. The predicted molar refractivity (Wildman–Crippen MR) is 128 cm³/mol. The van der Waals surface area contributed by atoms with E-state index < -0.39 is 29.5 Å². The molecular formula is C27H24F3N3O2. The number of carbonyl (C=O) groups is 2. The van der Waals surface area contributed by atoms with E-state index in [1.165, 1.54) is 40.1 Å². The number of benzene rings is 3. The molecule has 0 aliphatic carbocycles. The zero-order valence-corrected chi connectivity index (χ0v) is 19.5. The van der Waals surface area contributed by atoms with Crippen molar-refractivity contribution in [2.45, 2.75) is 32.9 Å². The van der Waals surface area contributed by atoms with E-state index in [0.29, 0.717) is 16.8 Å². The van der Waals surface area contributed by atoms with Crippen molar-refractivity contribution >= 4 is 28.9 Å². The second kappa shape index (κ2) is 10.4. The van der Waals surface area contributed by atoms with Crippen molar-refractivity contribution in [1.29, 1.82) is 5.26 Å². The van der Waals surface area contributed by atoms with Crippen LogP contribution in [0, 0.1) is 11.3 Å². The lowest BCUT2D eigenvalue weighted by Crippen LogP contribution is -2.39. The smallest absolute Gasteiger partial charge is 0.310 e. The van der Waals surface area contributed by atoms with Crippen LogP contribution in [0.1, 0.15) is 43.4 Å². The average Bonchev–Trinajstić information content (AvgIpc) is 2.96. The number of rotatable bonds is 3. The van der Waals surface area contributed by atoms with Crippen LogP contribution in [-0.2, 0) is 15.8 Å². The highest BCUT2D eigenvalue weighted by Gasteiger charge is 2.42. The van der Waals surface area contributed by atoms with Gasteiger partial charge in [0, 0.05) is 12.2 Å². The topological polar surface area (TPSA) is 64.4 Å². The highest BCUT2D eigenvalue weighted by Crippen LogP contribution is 2.44. The second-order valence-corrected chi connectivity index (χ2v) is 7.46. The Labute approximate surface area is 202 Å². The van der Waals surface area contributed by atoms with Crippen molar-refractivity contribution in [3.05, 3.63) is 89.5 Å². The maximum absolute atomic E-state index is 13.8. The number of nitrogens with zero attached hydrogens (tertiary/aromatic N) is 3. The number of hydrogen-bond acceptors (Lipinski definition) is 3. The fourth-order valence-electron chi connectivity index (χ4n) is 3.94. The molecular weight excluding hydrogens is 455 g/mol. The number of nitriles is 1. The molecule has 0 aromatic heterocycles. The lowest BCUT2D eigenvalue weighted by molar-refractivity contribution is -0.137. The van der Waals surface area contributed by atoms with Crippen LogP contribution < -0.4 is 9.80 Å². The van der Waals surface area contributed by atoms with Gasteiger partial charge >= 0.3 is 6.18 Å². The van der Waals surface area contributed by atoms with Crippen molar-refractivity contribution in [1.82, 2.24) is 0 Å². The SMILES string of the molecule is CC.CCN1C(=O)C(c2ccc(C#N)cc2)C(=O)N(c2ccccc2)c2cc(C(F)(F)F)ccc21. The molecule has 8 heteroatoms. The van der Waals surface area contributed by atoms with Crippen LogP contribution in [0.5, 0.6) is 0 Å². The fourth-order valence-corrected chi connectivity index (χ4v) is 3.94. The predicted octanol–water partition coefficient (Wildman–Crippen LogP) is 6.42. The first-order valence-corrected chi connectivity index (χ1v) is 11.2. The summed E-state index contributed by atoms with van der Waals surface area (Å²) in [5, 5.41) is 9.08. The molecule has 4 rings (SSSR count). The summed E-state index contributed by atoms with van der Waals surface area (Å²) in [7, 11) is 0. The van der Waals surface area contributed by atoms with Gasteiger partial charge in [0.2, 0.25) is 11.8 Å². The van der Waals surface area contributed by atoms with E-state index in [1.54, 1.807) is 37.3 Å². The van der Waals surface area contributed by atoms with Crippen LogP contribution in [-0.4, -0.2) is 18.4 Å². The summed E-state index contributed by atoms with van der Waals surface area (Å²) in [6, 6.07) is 19.3. The molecule has 0 radical (unpaired) electrons. The molecule has 1 heterocycles. The minimum atomic E-state index is -4.62. The van der Waals surface area contributed by atoms with Gasteiger partial charge in [-0.15, -0.1) is 0 Å². The van der Waals surface area contributed by atoms with Crippen molar-refractivity contribution in [3.8, 4) is 6.07 Å². The standard InChI is InChI=1S/C25H18F3N3O2.C2H6/c1-2-30-20-13-12-18(25(26,27)28)14-21(20)31(19-6-4-3-5-7-19)24(33)22(23(30)32)17-10-8-16(15-29)9-11-17;1-2/h3-14,22H,2H2,1H3;1-2H3. The second-order valence-electron chi connectivity index (χ2n) is 7.46. The number of alkyl halides is 3. The summed E-state index contributed by atoms with van der Waals surface area (Å²) in [4.78, 5) is 29.9. The quantitative estimate of drug-likeness (QED) is 0.407. The van der Waals surface area contributed by atoms with Gasteiger partial charge in [0.05, 0.1) is 28.6 Å². The van der Waals surface area contributed by atoms with Crippen LogP contribution in [0.25, 0.3) is 0 Å². The Kier molecular flexibility index (Phi) is 7.60. The molecule has 1 atom stereocenters. The summed E-state index contributed by atoms with van der Waals surface area (Å²) < 4.78 is 40.6. The van der Waals surface area contributed by atoms with Crippen LogP contribution >= 0.6 is 0 Å². The first-order valence-electron chi connectivity index (χ1n) is 11.2. The van der Waals surface area contributed by atoms with E-state index >= 15 is 0 Å². The van der Waals surface area contributed by atoms with Gasteiger partial charge in [-0.25, -0.2) is 0 Å². The molecule has 180 valence electrons. The van der Waals surface area contributed by atoms with Gasteiger partial charge in [-0.3, -0.25) is 14.5 Å². The van der Waals surface area contributed by atoms with E-state index in [4.69, 9.17) is 5.26 Å². The minimum absolute atomic E-state index is 0.0210. The van der Waals surface area contributed by atoms with Gasteiger partial charge in [-0.05, 0) is 55.0 Å². The molecule has 0 N–H and O–H groups in total. The number of para-hydroxylation sites is 1. The third kappa shape index (κ3) is 4.90. The zero-order valence-electron chi connectivity index (χ0n) is 19.5. The van der Waals surface area contributed by atoms with Gasteiger partial charge < -0.3 is 4.90 Å². The summed E-state index contributed by atoms with van der Waals surface area (Å²) in [6.45, 7) is 5.84. The van der Waals surface area contributed by atoms with E-state index in [9.17, 15) is 22.8 Å². The lowest BCUT2D eigenvalue weighted by atomic mass is 9.95. The van der Waals surface area contributed by atoms with E-state index in [-0.39, 0.29) is 17.9 Å². The van der Waals surface area contributed by atoms with Gasteiger partial charge in [-0.1, -0.05) is 44.2 Å². The molecule has 3 aromatic carbocycles. The van der Waals surface area contributed by atoms with E-state index in [0.717, 1.165) is 12.1 Å². The molecule has 0 saturated carbocycles. The summed E-state index contributed by atoms with van der Waals surface area (Å²) in [6.07, 6.45) is -4.62. The molecule has 2 amide bonds. The van der Waals surface area contributed by atoms with Crippen molar-refractivity contribution in [3.63, 3.8) is 0 Å². The molecule has 0 saturated heterocycles. The minimum Gasteiger partial charge on any atom is -0.310 e. The molecule has 1 unspecified atom stereocenters. The number of carbonyl (C=O) groups excluding carboxylic acids is 2. The van der Waals surface area contributed by atoms with Crippen molar-refractivity contribution in [2.24, 2.45) is 0 Å². The first-order chi connectivity index (χ1) is 16.8. The molecule has 35 heavy (non-hydrogen) atoms. The Balaban J connectivity index is 0.00000167. The zero-order chi connectivity index (χ0) is 25.8. The summed E-state index contributed by atoms with van der Waals surface area (Å²) in [5.41, 5.74) is 0.323. The normalized spacial score (nSPS) is 15.5. The molecule has 1 aliphatic rings. The van der Waals surface area contributed by atoms with E-state index in [1.807, 2.05) is 19.9 Å². The van der Waals surface area contributed by atoms with Crippen molar-refractivity contribution in [2.75, 3.05) is 16.3 Å². The van der Waals surface area contributed by atoms with Crippen molar-refractivity contribution < 1.29 is 22.8 Å². The number of halogens is 3. The number of hydrogen-bond donors (Lipinski definition) is 0. The summed E-state index contributed by atoms with van der Waals surface area (Å²) in [5.74, 6) is -2.52. The Bertz CT molecular complexity index is 1250.